The van der Waals surface area contributed by atoms with Gasteiger partial charge in [0.15, 0.2) is 5.82 Å². The van der Waals surface area contributed by atoms with Crippen LogP contribution < -0.4 is 0 Å². The summed E-state index contributed by atoms with van der Waals surface area (Å²) in [6.45, 7) is 1.94. The summed E-state index contributed by atoms with van der Waals surface area (Å²) in [7, 11) is 1.98. The predicted octanol–water partition coefficient (Wildman–Crippen LogP) is 2.74. The summed E-state index contributed by atoms with van der Waals surface area (Å²) in [5, 5.41) is 4.15. The highest BCUT2D eigenvalue weighted by atomic mass is 16.5. The molecule has 4 rings (SSSR count). The Morgan fingerprint density at radius 1 is 1.28 bits per heavy atom. The lowest BCUT2D eigenvalue weighted by atomic mass is 10.2. The Kier molecular flexibility index (Phi) is 4.53. The Hall–Kier alpha value is -2.21. The van der Waals surface area contributed by atoms with Crippen LogP contribution in [0.25, 0.3) is 0 Å². The fourth-order valence-electron chi connectivity index (χ4n) is 3.49. The molecule has 1 aliphatic carbocycles. The second-order valence-corrected chi connectivity index (χ2v) is 7.17. The van der Waals surface area contributed by atoms with Gasteiger partial charge in [0.1, 0.15) is 0 Å². The minimum atomic E-state index is -0.0334. The smallest absolute Gasteiger partial charge is 0.237 e. The SMILES string of the molecule is CN(CC(=O)N1CCCC1c1noc(C2CC2)n1)Cc1ccccc1. The first-order chi connectivity index (χ1) is 12.2. The molecule has 0 bridgehead atoms. The van der Waals surface area contributed by atoms with Gasteiger partial charge in [-0.2, -0.15) is 4.98 Å². The summed E-state index contributed by atoms with van der Waals surface area (Å²) < 4.78 is 5.38. The first kappa shape index (κ1) is 16.3. The average Bonchev–Trinajstić information content (AvgIpc) is 3.14. The summed E-state index contributed by atoms with van der Waals surface area (Å²) in [5.74, 6) is 2.01. The molecule has 1 atom stereocenters. The van der Waals surface area contributed by atoms with E-state index in [0.717, 1.165) is 44.7 Å². The maximum Gasteiger partial charge on any atom is 0.237 e. The number of hydrogen-bond donors (Lipinski definition) is 0. The molecular weight excluding hydrogens is 316 g/mol. The van der Waals surface area contributed by atoms with Crippen molar-refractivity contribution in [3.63, 3.8) is 0 Å². The quantitative estimate of drug-likeness (QED) is 0.809. The van der Waals surface area contributed by atoms with Gasteiger partial charge in [0.05, 0.1) is 12.6 Å². The molecule has 132 valence electrons. The summed E-state index contributed by atoms with van der Waals surface area (Å²) >= 11 is 0. The van der Waals surface area contributed by atoms with Crippen molar-refractivity contribution in [3.05, 3.63) is 47.6 Å². The van der Waals surface area contributed by atoms with Gasteiger partial charge in [-0.3, -0.25) is 9.69 Å². The summed E-state index contributed by atoms with van der Waals surface area (Å²) in [6, 6.07) is 10.2. The van der Waals surface area contributed by atoms with Gasteiger partial charge in [-0.1, -0.05) is 35.5 Å². The summed E-state index contributed by atoms with van der Waals surface area (Å²) in [4.78, 5) is 21.3. The first-order valence-corrected chi connectivity index (χ1v) is 9.06. The summed E-state index contributed by atoms with van der Waals surface area (Å²) in [5.41, 5.74) is 1.21. The van der Waals surface area contributed by atoms with E-state index < -0.39 is 0 Å². The molecule has 0 radical (unpaired) electrons. The van der Waals surface area contributed by atoms with Crippen LogP contribution >= 0.6 is 0 Å². The molecule has 1 aromatic carbocycles. The number of amides is 1. The highest BCUT2D eigenvalue weighted by Crippen LogP contribution is 2.40. The van der Waals surface area contributed by atoms with Crippen LogP contribution in [0.2, 0.25) is 0 Å². The minimum absolute atomic E-state index is 0.0334. The molecule has 6 heteroatoms. The zero-order chi connectivity index (χ0) is 17.2. The second-order valence-electron chi connectivity index (χ2n) is 7.17. The van der Waals surface area contributed by atoms with Crippen LogP contribution in [0.15, 0.2) is 34.9 Å². The molecule has 2 fully saturated rings. The highest BCUT2D eigenvalue weighted by Gasteiger charge is 2.36. The van der Waals surface area contributed by atoms with E-state index in [2.05, 4.69) is 27.2 Å². The van der Waals surface area contributed by atoms with Crippen molar-refractivity contribution in [1.82, 2.24) is 19.9 Å². The van der Waals surface area contributed by atoms with Gasteiger partial charge in [-0.05, 0) is 38.3 Å². The molecule has 1 amide bonds. The molecule has 1 aromatic heterocycles. The normalized spacial score (nSPS) is 20.4. The number of aromatic nitrogens is 2. The number of carbonyl (C=O) groups excluding carboxylic acids is 1. The number of likely N-dealkylation sites (N-methyl/N-ethyl adjacent to an activating group) is 1. The van der Waals surface area contributed by atoms with Crippen molar-refractivity contribution in [2.75, 3.05) is 20.1 Å². The van der Waals surface area contributed by atoms with Gasteiger partial charge in [-0.25, -0.2) is 0 Å². The predicted molar refractivity (Wildman–Crippen MR) is 92.7 cm³/mol. The van der Waals surface area contributed by atoms with Crippen molar-refractivity contribution in [2.24, 2.45) is 0 Å². The van der Waals surface area contributed by atoms with E-state index in [4.69, 9.17) is 4.52 Å². The molecular formula is C19H24N4O2. The van der Waals surface area contributed by atoms with Crippen molar-refractivity contribution >= 4 is 5.91 Å². The van der Waals surface area contributed by atoms with Crippen molar-refractivity contribution in [1.29, 1.82) is 0 Å². The van der Waals surface area contributed by atoms with Gasteiger partial charge >= 0.3 is 0 Å². The van der Waals surface area contributed by atoms with Gasteiger partial charge in [0, 0.05) is 19.0 Å². The molecule has 1 saturated heterocycles. The Labute approximate surface area is 147 Å². The van der Waals surface area contributed by atoms with Crippen LogP contribution in [0.4, 0.5) is 0 Å². The summed E-state index contributed by atoms with van der Waals surface area (Å²) in [6.07, 6.45) is 4.18. The van der Waals surface area contributed by atoms with E-state index in [1.807, 2.05) is 30.1 Å². The fraction of sp³-hybridized carbons (Fsp3) is 0.526. The van der Waals surface area contributed by atoms with E-state index in [1.54, 1.807) is 0 Å². The van der Waals surface area contributed by atoms with Crippen LogP contribution in [0.1, 0.15) is 54.9 Å². The van der Waals surface area contributed by atoms with Crippen molar-refractivity contribution in [2.45, 2.75) is 44.2 Å². The lowest BCUT2D eigenvalue weighted by Crippen LogP contribution is -2.38. The Morgan fingerprint density at radius 2 is 2.08 bits per heavy atom. The zero-order valence-electron chi connectivity index (χ0n) is 14.6. The third kappa shape index (κ3) is 3.74. The first-order valence-electron chi connectivity index (χ1n) is 9.06. The zero-order valence-corrected chi connectivity index (χ0v) is 14.6. The minimum Gasteiger partial charge on any atom is -0.339 e. The van der Waals surface area contributed by atoms with Crippen LogP contribution in [0.5, 0.6) is 0 Å². The Morgan fingerprint density at radius 3 is 2.84 bits per heavy atom. The maximum absolute atomic E-state index is 12.8. The number of nitrogens with zero attached hydrogens (tertiary/aromatic N) is 4. The van der Waals surface area contributed by atoms with Crippen molar-refractivity contribution < 1.29 is 9.32 Å². The molecule has 2 heterocycles. The van der Waals surface area contributed by atoms with E-state index >= 15 is 0 Å². The highest BCUT2D eigenvalue weighted by molar-refractivity contribution is 5.79. The topological polar surface area (TPSA) is 62.5 Å². The van der Waals surface area contributed by atoms with E-state index in [9.17, 15) is 4.79 Å². The lowest BCUT2D eigenvalue weighted by molar-refractivity contribution is -0.133. The molecule has 6 nitrogen and oxygen atoms in total. The molecule has 2 aromatic rings. The fourth-order valence-corrected chi connectivity index (χ4v) is 3.49. The van der Waals surface area contributed by atoms with E-state index in [0.29, 0.717) is 18.3 Å². The standard InChI is InChI=1S/C19H24N4O2/c1-22(12-14-6-3-2-4-7-14)13-17(24)23-11-5-8-16(23)18-20-19(25-21-18)15-9-10-15/h2-4,6-7,15-16H,5,8-13H2,1H3. The number of rotatable bonds is 6. The monoisotopic (exact) mass is 340 g/mol. The van der Waals surface area contributed by atoms with Crippen LogP contribution in [0.3, 0.4) is 0 Å². The molecule has 0 N–H and O–H groups in total. The molecule has 0 spiro atoms. The molecule has 1 unspecified atom stereocenters. The number of carbonyl (C=O) groups is 1. The number of likely N-dealkylation sites (tertiary alicyclic amines) is 1. The molecule has 1 aliphatic heterocycles. The Bertz CT molecular complexity index is 726. The number of hydrogen-bond acceptors (Lipinski definition) is 5. The van der Waals surface area contributed by atoms with Crippen LogP contribution in [0, 0.1) is 0 Å². The molecule has 25 heavy (non-hydrogen) atoms. The Balaban J connectivity index is 1.38. The van der Waals surface area contributed by atoms with Crippen molar-refractivity contribution in [3.8, 4) is 0 Å². The average molecular weight is 340 g/mol. The largest absolute Gasteiger partial charge is 0.339 e. The van der Waals surface area contributed by atoms with Gasteiger partial charge in [-0.15, -0.1) is 0 Å². The molecule has 2 aliphatic rings. The third-order valence-corrected chi connectivity index (χ3v) is 4.96. The van der Waals surface area contributed by atoms with Crippen LogP contribution in [-0.4, -0.2) is 46.0 Å². The lowest BCUT2D eigenvalue weighted by Gasteiger charge is -2.25. The van der Waals surface area contributed by atoms with E-state index in [1.165, 1.54) is 5.56 Å². The van der Waals surface area contributed by atoms with Gasteiger partial charge in [0.25, 0.3) is 0 Å². The third-order valence-electron chi connectivity index (χ3n) is 4.96. The number of benzene rings is 1. The van der Waals surface area contributed by atoms with E-state index in [-0.39, 0.29) is 11.9 Å². The second kappa shape index (κ2) is 6.96. The maximum atomic E-state index is 12.8. The van der Waals surface area contributed by atoms with Crippen LogP contribution in [-0.2, 0) is 11.3 Å². The van der Waals surface area contributed by atoms with Gasteiger partial charge in [0.2, 0.25) is 11.8 Å². The molecule has 1 saturated carbocycles. The van der Waals surface area contributed by atoms with Gasteiger partial charge < -0.3 is 9.42 Å².